The zero-order valence-electron chi connectivity index (χ0n) is 10.3. The standard InChI is InChI=1S/C11H24N2O.ClH/c1-5-7-9(12)10(14)13-11(3,4)8-6-2;/h9H,5-8,12H2,1-4H3,(H,13,14);1H. The molecule has 1 atom stereocenters. The van der Waals surface area contributed by atoms with Gasteiger partial charge in [0, 0.05) is 5.54 Å². The van der Waals surface area contributed by atoms with Crippen LogP contribution < -0.4 is 11.1 Å². The number of carbonyl (C=O) groups is 1. The van der Waals surface area contributed by atoms with Crippen molar-refractivity contribution in [2.75, 3.05) is 0 Å². The maximum absolute atomic E-state index is 11.6. The summed E-state index contributed by atoms with van der Waals surface area (Å²) in [6.45, 7) is 8.21. The Labute approximate surface area is 99.6 Å². The second-order valence-electron chi connectivity index (χ2n) is 4.52. The van der Waals surface area contributed by atoms with Gasteiger partial charge >= 0.3 is 0 Å². The molecule has 1 unspecified atom stereocenters. The van der Waals surface area contributed by atoms with Gasteiger partial charge in [0.05, 0.1) is 6.04 Å². The smallest absolute Gasteiger partial charge is 0.237 e. The van der Waals surface area contributed by atoms with Crippen LogP contribution >= 0.6 is 12.4 Å². The number of hydrogen-bond acceptors (Lipinski definition) is 2. The van der Waals surface area contributed by atoms with E-state index in [-0.39, 0.29) is 29.9 Å². The second-order valence-corrected chi connectivity index (χ2v) is 4.52. The summed E-state index contributed by atoms with van der Waals surface area (Å²) < 4.78 is 0. The van der Waals surface area contributed by atoms with E-state index in [0.717, 1.165) is 25.7 Å². The molecule has 0 aliphatic carbocycles. The van der Waals surface area contributed by atoms with Gasteiger partial charge in [0.25, 0.3) is 0 Å². The first-order chi connectivity index (χ1) is 6.43. The van der Waals surface area contributed by atoms with E-state index in [1.807, 2.05) is 20.8 Å². The van der Waals surface area contributed by atoms with Gasteiger partial charge in [-0.25, -0.2) is 0 Å². The summed E-state index contributed by atoms with van der Waals surface area (Å²) in [5.74, 6) is -0.0229. The van der Waals surface area contributed by atoms with Gasteiger partial charge in [-0.1, -0.05) is 26.7 Å². The molecule has 0 rings (SSSR count). The lowest BCUT2D eigenvalue weighted by Gasteiger charge is -2.27. The van der Waals surface area contributed by atoms with Gasteiger partial charge < -0.3 is 11.1 Å². The van der Waals surface area contributed by atoms with E-state index in [1.165, 1.54) is 0 Å². The number of hydrogen-bond donors (Lipinski definition) is 2. The third-order valence-electron chi connectivity index (χ3n) is 2.27. The van der Waals surface area contributed by atoms with Crippen LogP contribution in [0.25, 0.3) is 0 Å². The van der Waals surface area contributed by atoms with E-state index in [0.29, 0.717) is 0 Å². The molecule has 0 aliphatic heterocycles. The average molecular weight is 237 g/mol. The molecule has 1 amide bonds. The molecule has 0 saturated heterocycles. The fourth-order valence-electron chi connectivity index (χ4n) is 1.56. The maximum Gasteiger partial charge on any atom is 0.237 e. The third kappa shape index (κ3) is 7.63. The van der Waals surface area contributed by atoms with Crippen LogP contribution in [0.4, 0.5) is 0 Å². The highest BCUT2D eigenvalue weighted by atomic mass is 35.5. The Kier molecular flexibility index (Phi) is 9.07. The lowest BCUT2D eigenvalue weighted by molar-refractivity contribution is -0.124. The van der Waals surface area contributed by atoms with Crippen molar-refractivity contribution >= 4 is 18.3 Å². The van der Waals surface area contributed by atoms with E-state index in [1.54, 1.807) is 0 Å². The largest absolute Gasteiger partial charge is 0.350 e. The molecule has 0 aromatic carbocycles. The Bertz CT molecular complexity index is 183. The minimum Gasteiger partial charge on any atom is -0.350 e. The predicted octanol–water partition coefficient (Wildman–Crippen LogP) is 2.23. The summed E-state index contributed by atoms with van der Waals surface area (Å²) in [5.41, 5.74) is 5.59. The molecular weight excluding hydrogens is 212 g/mol. The molecule has 92 valence electrons. The quantitative estimate of drug-likeness (QED) is 0.743. The highest BCUT2D eigenvalue weighted by molar-refractivity contribution is 5.85. The summed E-state index contributed by atoms with van der Waals surface area (Å²) in [5, 5.41) is 2.98. The molecule has 3 nitrogen and oxygen atoms in total. The SMILES string of the molecule is CCCC(N)C(=O)NC(C)(C)CCC.Cl. The highest BCUT2D eigenvalue weighted by Gasteiger charge is 2.22. The highest BCUT2D eigenvalue weighted by Crippen LogP contribution is 2.11. The first-order valence-corrected chi connectivity index (χ1v) is 5.50. The molecule has 15 heavy (non-hydrogen) atoms. The lowest BCUT2D eigenvalue weighted by Crippen LogP contribution is -2.50. The van der Waals surface area contributed by atoms with Gasteiger partial charge in [0.2, 0.25) is 5.91 Å². The van der Waals surface area contributed by atoms with Crippen molar-refractivity contribution in [1.82, 2.24) is 5.32 Å². The number of carbonyl (C=O) groups excluding carboxylic acids is 1. The number of nitrogens with one attached hydrogen (secondary N) is 1. The van der Waals surface area contributed by atoms with E-state index in [4.69, 9.17) is 5.73 Å². The predicted molar refractivity (Wildman–Crippen MR) is 67.3 cm³/mol. The Morgan fingerprint density at radius 1 is 1.33 bits per heavy atom. The Hall–Kier alpha value is -0.280. The molecular formula is C11H25ClN2O. The van der Waals surface area contributed by atoms with Crippen molar-refractivity contribution in [3.8, 4) is 0 Å². The molecule has 0 aromatic heterocycles. The van der Waals surface area contributed by atoms with Gasteiger partial charge in [-0.15, -0.1) is 12.4 Å². The summed E-state index contributed by atoms with van der Waals surface area (Å²) in [6, 6.07) is -0.351. The Balaban J connectivity index is 0. The first kappa shape index (κ1) is 17.1. The summed E-state index contributed by atoms with van der Waals surface area (Å²) in [6.07, 6.45) is 3.75. The van der Waals surface area contributed by atoms with Crippen molar-refractivity contribution < 1.29 is 4.79 Å². The summed E-state index contributed by atoms with van der Waals surface area (Å²) in [7, 11) is 0. The summed E-state index contributed by atoms with van der Waals surface area (Å²) >= 11 is 0. The molecule has 3 N–H and O–H groups in total. The number of rotatable bonds is 6. The zero-order valence-corrected chi connectivity index (χ0v) is 11.1. The van der Waals surface area contributed by atoms with E-state index < -0.39 is 0 Å². The molecule has 0 saturated carbocycles. The molecule has 0 spiro atoms. The summed E-state index contributed by atoms with van der Waals surface area (Å²) in [4.78, 5) is 11.6. The molecule has 4 heteroatoms. The maximum atomic E-state index is 11.6. The number of halogens is 1. The van der Waals surface area contributed by atoms with Crippen molar-refractivity contribution in [2.24, 2.45) is 5.73 Å². The van der Waals surface area contributed by atoms with Crippen molar-refractivity contribution in [3.05, 3.63) is 0 Å². The first-order valence-electron chi connectivity index (χ1n) is 5.50. The minimum absolute atomic E-state index is 0. The van der Waals surface area contributed by atoms with E-state index in [9.17, 15) is 4.79 Å². The molecule has 0 bridgehead atoms. The zero-order chi connectivity index (χ0) is 11.2. The number of amides is 1. The second kappa shape index (κ2) is 7.94. The van der Waals surface area contributed by atoms with Crippen LogP contribution in [0.5, 0.6) is 0 Å². The molecule has 0 radical (unpaired) electrons. The normalized spacial score (nSPS) is 12.9. The monoisotopic (exact) mass is 236 g/mol. The fourth-order valence-corrected chi connectivity index (χ4v) is 1.56. The van der Waals surface area contributed by atoms with Crippen LogP contribution in [0, 0.1) is 0 Å². The van der Waals surface area contributed by atoms with Crippen LogP contribution in [0.2, 0.25) is 0 Å². The van der Waals surface area contributed by atoms with Crippen LogP contribution in [0.3, 0.4) is 0 Å². The van der Waals surface area contributed by atoms with Crippen LogP contribution in [0.15, 0.2) is 0 Å². The van der Waals surface area contributed by atoms with Gasteiger partial charge in [-0.05, 0) is 26.7 Å². The van der Waals surface area contributed by atoms with Crippen molar-refractivity contribution in [2.45, 2.75) is 65.0 Å². The Morgan fingerprint density at radius 3 is 2.27 bits per heavy atom. The van der Waals surface area contributed by atoms with Crippen LogP contribution in [-0.4, -0.2) is 17.5 Å². The van der Waals surface area contributed by atoms with E-state index >= 15 is 0 Å². The molecule has 0 aliphatic rings. The average Bonchev–Trinajstić information content (AvgIpc) is 2.03. The van der Waals surface area contributed by atoms with Gasteiger partial charge in [-0.3, -0.25) is 4.79 Å². The molecule has 0 heterocycles. The molecule has 0 fully saturated rings. The van der Waals surface area contributed by atoms with Crippen LogP contribution in [-0.2, 0) is 4.79 Å². The van der Waals surface area contributed by atoms with Gasteiger partial charge in [-0.2, -0.15) is 0 Å². The minimum atomic E-state index is -0.351. The Morgan fingerprint density at radius 2 is 1.87 bits per heavy atom. The van der Waals surface area contributed by atoms with Gasteiger partial charge in [0.1, 0.15) is 0 Å². The van der Waals surface area contributed by atoms with Crippen molar-refractivity contribution in [3.63, 3.8) is 0 Å². The lowest BCUT2D eigenvalue weighted by atomic mass is 9.98. The van der Waals surface area contributed by atoms with Crippen LogP contribution in [0.1, 0.15) is 53.4 Å². The van der Waals surface area contributed by atoms with Gasteiger partial charge in [0.15, 0.2) is 0 Å². The fraction of sp³-hybridized carbons (Fsp3) is 0.909. The molecule has 0 aromatic rings. The number of nitrogens with two attached hydrogens (primary N) is 1. The van der Waals surface area contributed by atoms with E-state index in [2.05, 4.69) is 12.2 Å². The third-order valence-corrected chi connectivity index (χ3v) is 2.27. The van der Waals surface area contributed by atoms with Crippen molar-refractivity contribution in [1.29, 1.82) is 0 Å². The topological polar surface area (TPSA) is 55.1 Å².